The van der Waals surface area contributed by atoms with Crippen molar-refractivity contribution in [2.45, 2.75) is 38.6 Å². The van der Waals surface area contributed by atoms with Gasteiger partial charge in [0.1, 0.15) is 0 Å². The third-order valence-electron chi connectivity index (χ3n) is 4.51. The quantitative estimate of drug-likeness (QED) is 0.544. The molecule has 0 bridgehead atoms. The Labute approximate surface area is 132 Å². The minimum Gasteiger partial charge on any atom is -0.304 e. The molecule has 3 rings (SSSR count). The maximum atomic E-state index is 12.7. The minimum atomic E-state index is 0.133. The van der Waals surface area contributed by atoms with Gasteiger partial charge in [0.2, 0.25) is 5.91 Å². The van der Waals surface area contributed by atoms with Gasteiger partial charge < -0.3 is 4.90 Å². The van der Waals surface area contributed by atoms with E-state index in [1.807, 2.05) is 41.3 Å². The third kappa shape index (κ3) is 2.78. The molecule has 0 unspecified atom stereocenters. The molecule has 1 aliphatic heterocycles. The monoisotopic (exact) mass is 293 g/mol. The van der Waals surface area contributed by atoms with E-state index >= 15 is 0 Å². The number of carbonyl (C=O) groups excluding carboxylic acids is 1. The molecule has 0 aromatic heterocycles. The second-order valence-electron chi connectivity index (χ2n) is 6.00. The molecule has 0 radical (unpaired) electrons. The number of hydrogen-bond acceptors (Lipinski definition) is 1. The van der Waals surface area contributed by atoms with Crippen LogP contribution >= 0.6 is 0 Å². The molecular formula is C20H23NO. The Bertz CT molecular complexity index is 608. The highest BCUT2D eigenvalue weighted by Crippen LogP contribution is 2.45. The first kappa shape index (κ1) is 14.8. The molecule has 2 aromatic carbocycles. The lowest BCUT2D eigenvalue weighted by Gasteiger charge is -2.47. The minimum absolute atomic E-state index is 0.133. The maximum Gasteiger partial charge on any atom is 0.233 e. The first-order valence-corrected chi connectivity index (χ1v) is 8.26. The first-order valence-electron chi connectivity index (χ1n) is 8.26. The summed E-state index contributed by atoms with van der Waals surface area (Å²) in [6.07, 6.45) is 4.53. The zero-order valence-electron chi connectivity index (χ0n) is 13.1. The van der Waals surface area contributed by atoms with Gasteiger partial charge in [-0.15, -0.1) is 0 Å². The number of amides is 1. The van der Waals surface area contributed by atoms with Gasteiger partial charge >= 0.3 is 0 Å². The van der Waals surface area contributed by atoms with Crippen LogP contribution in [-0.4, -0.2) is 5.91 Å². The van der Waals surface area contributed by atoms with E-state index in [2.05, 4.69) is 31.2 Å². The standard InChI is InChI=1S/C20H23NO/c1-2-3-6-15-18-19(16-11-7-4-8-12-16)21(20(18)22)17-13-9-5-10-14-17/h4-5,7-14,18-19H,2-3,6,15H2,1H3/t18-,19+/m0/s1. The summed E-state index contributed by atoms with van der Waals surface area (Å²) < 4.78 is 0. The van der Waals surface area contributed by atoms with Crippen molar-refractivity contribution in [1.82, 2.24) is 0 Å². The lowest BCUT2D eigenvalue weighted by molar-refractivity contribution is -0.130. The number of carbonyl (C=O) groups is 1. The van der Waals surface area contributed by atoms with E-state index in [0.717, 1.165) is 18.5 Å². The van der Waals surface area contributed by atoms with Gasteiger partial charge in [-0.1, -0.05) is 74.7 Å². The van der Waals surface area contributed by atoms with Gasteiger partial charge in [-0.25, -0.2) is 0 Å². The van der Waals surface area contributed by atoms with Crippen LogP contribution in [0, 0.1) is 5.92 Å². The van der Waals surface area contributed by atoms with Crippen LogP contribution in [-0.2, 0) is 4.79 Å². The summed E-state index contributed by atoms with van der Waals surface area (Å²) in [7, 11) is 0. The van der Waals surface area contributed by atoms with E-state index in [9.17, 15) is 4.79 Å². The number of unbranched alkanes of at least 4 members (excludes halogenated alkanes) is 2. The predicted octanol–water partition coefficient (Wildman–Crippen LogP) is 4.97. The Balaban J connectivity index is 1.85. The zero-order valence-corrected chi connectivity index (χ0v) is 13.1. The Morgan fingerprint density at radius 3 is 2.18 bits per heavy atom. The normalized spacial score (nSPS) is 20.8. The zero-order chi connectivity index (χ0) is 15.4. The highest BCUT2D eigenvalue weighted by molar-refractivity contribution is 6.03. The first-order chi connectivity index (χ1) is 10.8. The smallest absolute Gasteiger partial charge is 0.233 e. The van der Waals surface area contributed by atoms with Crippen molar-refractivity contribution < 1.29 is 4.79 Å². The average Bonchev–Trinajstić information content (AvgIpc) is 2.58. The van der Waals surface area contributed by atoms with Crippen molar-refractivity contribution >= 4 is 11.6 Å². The van der Waals surface area contributed by atoms with Crippen LogP contribution in [0.4, 0.5) is 5.69 Å². The Kier molecular flexibility index (Phi) is 4.57. The van der Waals surface area contributed by atoms with Gasteiger partial charge in [0, 0.05) is 5.69 Å². The van der Waals surface area contributed by atoms with E-state index in [0.29, 0.717) is 0 Å². The highest BCUT2D eigenvalue weighted by Gasteiger charge is 2.47. The second-order valence-corrected chi connectivity index (χ2v) is 6.00. The van der Waals surface area contributed by atoms with E-state index in [1.165, 1.54) is 18.4 Å². The summed E-state index contributed by atoms with van der Waals surface area (Å²) in [5.74, 6) is 0.408. The van der Waals surface area contributed by atoms with Crippen LogP contribution in [0.25, 0.3) is 0 Å². The molecular weight excluding hydrogens is 270 g/mol. The third-order valence-corrected chi connectivity index (χ3v) is 4.51. The fourth-order valence-electron chi connectivity index (χ4n) is 3.35. The van der Waals surface area contributed by atoms with Crippen molar-refractivity contribution in [3.63, 3.8) is 0 Å². The fraction of sp³-hybridized carbons (Fsp3) is 0.350. The maximum absolute atomic E-state index is 12.7. The molecule has 1 saturated heterocycles. The van der Waals surface area contributed by atoms with Crippen LogP contribution < -0.4 is 4.90 Å². The summed E-state index contributed by atoms with van der Waals surface area (Å²) in [5.41, 5.74) is 2.25. The Hall–Kier alpha value is -2.09. The van der Waals surface area contributed by atoms with E-state index in [1.54, 1.807) is 0 Å². The molecule has 0 N–H and O–H groups in total. The number of rotatable bonds is 6. The predicted molar refractivity (Wildman–Crippen MR) is 90.7 cm³/mol. The van der Waals surface area contributed by atoms with Gasteiger partial charge in [0.25, 0.3) is 0 Å². The van der Waals surface area contributed by atoms with Gasteiger partial charge in [0.15, 0.2) is 0 Å². The second kappa shape index (κ2) is 6.78. The SMILES string of the molecule is CCCCC[C@@H]1C(=O)N(c2ccccc2)[C@@H]1c1ccccc1. The number of β-lactam (4-membered cyclic amide) rings is 1. The van der Waals surface area contributed by atoms with Crippen LogP contribution in [0.3, 0.4) is 0 Å². The van der Waals surface area contributed by atoms with Crippen LogP contribution in [0.1, 0.15) is 44.2 Å². The summed E-state index contributed by atoms with van der Waals surface area (Å²) in [4.78, 5) is 14.6. The van der Waals surface area contributed by atoms with Gasteiger partial charge in [-0.05, 0) is 24.1 Å². The summed E-state index contributed by atoms with van der Waals surface area (Å²) in [6, 6.07) is 20.6. The molecule has 1 amide bonds. The average molecular weight is 293 g/mol. The van der Waals surface area contributed by atoms with Crippen LogP contribution in [0.15, 0.2) is 60.7 Å². The lowest BCUT2D eigenvalue weighted by Crippen LogP contribution is -2.55. The van der Waals surface area contributed by atoms with E-state index < -0.39 is 0 Å². The van der Waals surface area contributed by atoms with Gasteiger partial charge in [0.05, 0.1) is 12.0 Å². The summed E-state index contributed by atoms with van der Waals surface area (Å²) in [6.45, 7) is 2.20. The Morgan fingerprint density at radius 2 is 1.55 bits per heavy atom. The van der Waals surface area contributed by atoms with E-state index in [4.69, 9.17) is 0 Å². The molecule has 0 spiro atoms. The topological polar surface area (TPSA) is 20.3 Å². The number of para-hydroxylation sites is 1. The summed E-state index contributed by atoms with van der Waals surface area (Å²) >= 11 is 0. The van der Waals surface area contributed by atoms with Crippen molar-refractivity contribution in [2.75, 3.05) is 4.90 Å². The highest BCUT2D eigenvalue weighted by atomic mass is 16.2. The van der Waals surface area contributed by atoms with Crippen molar-refractivity contribution in [3.8, 4) is 0 Å². The fourth-order valence-corrected chi connectivity index (χ4v) is 3.35. The van der Waals surface area contributed by atoms with Crippen molar-refractivity contribution in [1.29, 1.82) is 0 Å². The molecule has 22 heavy (non-hydrogen) atoms. The molecule has 114 valence electrons. The van der Waals surface area contributed by atoms with Crippen LogP contribution in [0.5, 0.6) is 0 Å². The Morgan fingerprint density at radius 1 is 0.909 bits per heavy atom. The number of benzene rings is 2. The van der Waals surface area contributed by atoms with Crippen molar-refractivity contribution in [3.05, 3.63) is 66.2 Å². The molecule has 1 aliphatic rings. The van der Waals surface area contributed by atoms with Crippen LogP contribution in [0.2, 0.25) is 0 Å². The number of anilines is 1. The molecule has 0 saturated carbocycles. The largest absolute Gasteiger partial charge is 0.304 e. The molecule has 2 heteroatoms. The number of hydrogen-bond donors (Lipinski definition) is 0. The lowest BCUT2D eigenvalue weighted by atomic mass is 9.78. The van der Waals surface area contributed by atoms with Crippen molar-refractivity contribution in [2.24, 2.45) is 5.92 Å². The number of nitrogens with zero attached hydrogens (tertiary/aromatic N) is 1. The molecule has 1 fully saturated rings. The molecule has 1 heterocycles. The molecule has 2 atom stereocenters. The van der Waals surface area contributed by atoms with Gasteiger partial charge in [-0.2, -0.15) is 0 Å². The van der Waals surface area contributed by atoms with Gasteiger partial charge in [-0.3, -0.25) is 4.79 Å². The molecule has 2 nitrogen and oxygen atoms in total. The summed E-state index contributed by atoms with van der Waals surface area (Å²) in [5, 5.41) is 0. The molecule has 2 aromatic rings. The molecule has 0 aliphatic carbocycles. The van der Waals surface area contributed by atoms with E-state index in [-0.39, 0.29) is 17.9 Å².